The van der Waals surface area contributed by atoms with Gasteiger partial charge >= 0.3 is 0 Å². The van der Waals surface area contributed by atoms with Gasteiger partial charge in [-0.15, -0.1) is 0 Å². The van der Waals surface area contributed by atoms with Crippen LogP contribution < -0.4 is 5.32 Å². The van der Waals surface area contributed by atoms with Gasteiger partial charge in [0.1, 0.15) is 12.2 Å². The molecular weight excluding hydrogens is 330 g/mol. The second kappa shape index (κ2) is 8.29. The zero-order chi connectivity index (χ0) is 17.8. The van der Waals surface area contributed by atoms with Gasteiger partial charge in [0, 0.05) is 13.7 Å². The molecule has 2 fully saturated rings. The van der Waals surface area contributed by atoms with E-state index >= 15 is 0 Å². The van der Waals surface area contributed by atoms with E-state index in [4.69, 9.17) is 18.9 Å². The number of methoxy groups -OCH3 is 1. The minimum Gasteiger partial charge on any atom is -0.369 e. The van der Waals surface area contributed by atoms with Gasteiger partial charge in [-0.1, -0.05) is 60.7 Å². The highest BCUT2D eigenvalue weighted by atomic mass is 16.7. The molecule has 2 aliphatic rings. The van der Waals surface area contributed by atoms with Crippen LogP contribution in [0.1, 0.15) is 11.1 Å². The summed E-state index contributed by atoms with van der Waals surface area (Å²) in [4.78, 5) is 0. The molecule has 2 aliphatic heterocycles. The van der Waals surface area contributed by atoms with Crippen molar-refractivity contribution in [3.8, 4) is 0 Å². The third-order valence-electron chi connectivity index (χ3n) is 5.01. The van der Waals surface area contributed by atoms with E-state index in [1.807, 2.05) is 36.4 Å². The van der Waals surface area contributed by atoms with Crippen molar-refractivity contribution < 1.29 is 18.9 Å². The molecule has 5 heteroatoms. The van der Waals surface area contributed by atoms with Crippen molar-refractivity contribution in [2.75, 3.05) is 13.7 Å². The molecule has 2 aromatic carbocycles. The maximum absolute atomic E-state index is 6.22. The van der Waals surface area contributed by atoms with Gasteiger partial charge in [0.05, 0.1) is 25.4 Å². The fourth-order valence-corrected chi connectivity index (χ4v) is 3.65. The molecule has 0 saturated carbocycles. The van der Waals surface area contributed by atoms with Crippen LogP contribution in [-0.4, -0.2) is 44.3 Å². The van der Waals surface area contributed by atoms with Crippen LogP contribution in [0.15, 0.2) is 60.7 Å². The zero-order valence-electron chi connectivity index (χ0n) is 14.9. The predicted octanol–water partition coefficient (Wildman–Crippen LogP) is 2.50. The first-order chi connectivity index (χ1) is 12.8. The molecule has 0 aromatic heterocycles. The Balaban J connectivity index is 1.41. The largest absolute Gasteiger partial charge is 0.369 e. The molecule has 0 spiro atoms. The molecule has 2 heterocycles. The van der Waals surface area contributed by atoms with E-state index < -0.39 is 0 Å². The Morgan fingerprint density at radius 3 is 2.15 bits per heavy atom. The maximum Gasteiger partial charge on any atom is 0.175 e. The van der Waals surface area contributed by atoms with Crippen LogP contribution in [0, 0.1) is 0 Å². The Morgan fingerprint density at radius 2 is 1.54 bits per heavy atom. The molecule has 2 aromatic rings. The van der Waals surface area contributed by atoms with E-state index in [2.05, 4.69) is 29.6 Å². The van der Waals surface area contributed by atoms with Gasteiger partial charge in [-0.05, 0) is 11.1 Å². The fraction of sp³-hybridized carbons (Fsp3) is 0.429. The van der Waals surface area contributed by atoms with Gasteiger partial charge in [-0.25, -0.2) is 0 Å². The Bertz CT molecular complexity index is 681. The van der Waals surface area contributed by atoms with Crippen molar-refractivity contribution in [1.29, 1.82) is 0 Å². The third-order valence-corrected chi connectivity index (χ3v) is 5.01. The lowest BCUT2D eigenvalue weighted by Gasteiger charge is -2.35. The van der Waals surface area contributed by atoms with Crippen LogP contribution in [0.25, 0.3) is 0 Å². The standard InChI is InChI=1S/C21H25NO4/c1-23-21-18-20(25-14-16-10-6-3-7-11-16)19(26-21)17(12-22-18)24-13-15-8-4-2-5-9-15/h2-11,17-22H,12-14H2,1H3/t17-,18+,19-,20?,21+/m1/s1. The van der Waals surface area contributed by atoms with Crippen LogP contribution in [-0.2, 0) is 32.2 Å². The SMILES string of the molecule is CO[C@H]1O[C@H]2C(OCc3ccccc3)[C@@H]1NC[C@H]2OCc1ccccc1. The summed E-state index contributed by atoms with van der Waals surface area (Å²) in [5, 5.41) is 3.48. The summed E-state index contributed by atoms with van der Waals surface area (Å²) in [6.45, 7) is 1.83. The van der Waals surface area contributed by atoms with Gasteiger partial charge in [0.15, 0.2) is 6.29 Å². The van der Waals surface area contributed by atoms with E-state index in [9.17, 15) is 0 Å². The number of ether oxygens (including phenoxy) is 4. The summed E-state index contributed by atoms with van der Waals surface area (Å²) in [7, 11) is 1.67. The molecule has 2 bridgehead atoms. The van der Waals surface area contributed by atoms with E-state index in [0.717, 1.165) is 17.7 Å². The van der Waals surface area contributed by atoms with Crippen molar-refractivity contribution in [2.24, 2.45) is 0 Å². The second-order valence-corrected chi connectivity index (χ2v) is 6.74. The van der Waals surface area contributed by atoms with E-state index in [1.165, 1.54) is 0 Å². The molecule has 0 amide bonds. The topological polar surface area (TPSA) is 49.0 Å². The fourth-order valence-electron chi connectivity index (χ4n) is 3.65. The highest BCUT2D eigenvalue weighted by Crippen LogP contribution is 2.32. The Kier molecular flexibility index (Phi) is 5.62. The monoisotopic (exact) mass is 355 g/mol. The smallest absolute Gasteiger partial charge is 0.175 e. The summed E-state index contributed by atoms with van der Waals surface area (Å²) >= 11 is 0. The average molecular weight is 355 g/mol. The lowest BCUT2D eigenvalue weighted by Crippen LogP contribution is -2.57. The van der Waals surface area contributed by atoms with E-state index in [0.29, 0.717) is 13.2 Å². The number of piperidine rings is 1. The highest BCUT2D eigenvalue weighted by molar-refractivity contribution is 5.15. The van der Waals surface area contributed by atoms with Gasteiger partial charge in [-0.3, -0.25) is 0 Å². The van der Waals surface area contributed by atoms with E-state index in [1.54, 1.807) is 7.11 Å². The van der Waals surface area contributed by atoms with Crippen LogP contribution in [0.4, 0.5) is 0 Å². The Morgan fingerprint density at radius 1 is 0.923 bits per heavy atom. The normalized spacial score (nSPS) is 30.4. The van der Waals surface area contributed by atoms with Crippen molar-refractivity contribution in [2.45, 2.75) is 43.9 Å². The van der Waals surface area contributed by atoms with Crippen LogP contribution in [0.2, 0.25) is 0 Å². The zero-order valence-corrected chi connectivity index (χ0v) is 14.9. The molecule has 26 heavy (non-hydrogen) atoms. The molecule has 2 saturated heterocycles. The Hall–Kier alpha value is -1.76. The minimum atomic E-state index is -0.314. The number of benzene rings is 2. The van der Waals surface area contributed by atoms with Crippen LogP contribution >= 0.6 is 0 Å². The number of hydrogen-bond donors (Lipinski definition) is 1. The minimum absolute atomic E-state index is 0.0188. The lowest BCUT2D eigenvalue weighted by molar-refractivity contribution is -0.155. The first-order valence-electron chi connectivity index (χ1n) is 9.08. The third kappa shape index (κ3) is 3.82. The molecule has 1 unspecified atom stereocenters. The van der Waals surface area contributed by atoms with Gasteiger partial charge in [-0.2, -0.15) is 0 Å². The molecule has 4 rings (SSSR count). The molecule has 5 nitrogen and oxygen atoms in total. The van der Waals surface area contributed by atoms with Crippen molar-refractivity contribution in [3.63, 3.8) is 0 Å². The summed E-state index contributed by atoms with van der Waals surface area (Å²) in [5.41, 5.74) is 2.30. The number of rotatable bonds is 7. The molecule has 5 atom stereocenters. The Labute approximate surface area is 154 Å². The summed E-state index contributed by atoms with van der Waals surface area (Å²) < 4.78 is 24.0. The molecular formula is C21H25NO4. The second-order valence-electron chi connectivity index (χ2n) is 6.74. The first-order valence-corrected chi connectivity index (χ1v) is 9.08. The quantitative estimate of drug-likeness (QED) is 0.827. The maximum atomic E-state index is 6.22. The number of nitrogens with one attached hydrogen (secondary N) is 1. The average Bonchev–Trinajstić information content (AvgIpc) is 2.95. The summed E-state index contributed by atoms with van der Waals surface area (Å²) in [6.07, 6.45) is -0.633. The first kappa shape index (κ1) is 17.6. The van der Waals surface area contributed by atoms with Crippen molar-refractivity contribution >= 4 is 0 Å². The van der Waals surface area contributed by atoms with Gasteiger partial charge in [0.25, 0.3) is 0 Å². The van der Waals surface area contributed by atoms with Crippen LogP contribution in [0.5, 0.6) is 0 Å². The van der Waals surface area contributed by atoms with Crippen molar-refractivity contribution in [3.05, 3.63) is 71.8 Å². The number of fused-ring (bicyclic) bond motifs is 2. The summed E-state index contributed by atoms with van der Waals surface area (Å²) in [6, 6.07) is 20.4. The number of hydrogen-bond acceptors (Lipinski definition) is 5. The molecule has 138 valence electrons. The molecule has 0 radical (unpaired) electrons. The van der Waals surface area contributed by atoms with Crippen molar-refractivity contribution in [1.82, 2.24) is 5.32 Å². The van der Waals surface area contributed by atoms with Gasteiger partial charge < -0.3 is 24.3 Å². The summed E-state index contributed by atoms with van der Waals surface area (Å²) in [5.74, 6) is 0. The highest BCUT2D eigenvalue weighted by Gasteiger charge is 2.52. The predicted molar refractivity (Wildman–Crippen MR) is 97.5 cm³/mol. The van der Waals surface area contributed by atoms with Gasteiger partial charge in [0.2, 0.25) is 0 Å². The molecule has 1 N–H and O–H groups in total. The van der Waals surface area contributed by atoms with Crippen LogP contribution in [0.3, 0.4) is 0 Å². The molecule has 0 aliphatic carbocycles. The lowest BCUT2D eigenvalue weighted by atomic mass is 9.98. The van der Waals surface area contributed by atoms with E-state index in [-0.39, 0.29) is 30.6 Å².